The first-order chi connectivity index (χ1) is 16.2. The summed E-state index contributed by atoms with van der Waals surface area (Å²) in [5, 5.41) is 3.07. The van der Waals surface area contributed by atoms with Gasteiger partial charge in [0, 0.05) is 18.1 Å². The lowest BCUT2D eigenvalue weighted by molar-refractivity contribution is -0.123. The van der Waals surface area contributed by atoms with Gasteiger partial charge in [0.25, 0.3) is 5.91 Å². The molecule has 1 aliphatic carbocycles. The van der Waals surface area contributed by atoms with Crippen molar-refractivity contribution in [2.75, 3.05) is 18.1 Å². The second-order valence-corrected chi connectivity index (χ2v) is 9.38. The van der Waals surface area contributed by atoms with Crippen LogP contribution < -0.4 is 25.4 Å². The Morgan fingerprint density at radius 2 is 1.97 bits per heavy atom. The van der Waals surface area contributed by atoms with E-state index in [1.54, 1.807) is 18.2 Å². The number of primary amides is 1. The number of amides is 3. The number of nitrogens with two attached hydrogens (primary N) is 1. The van der Waals surface area contributed by atoms with Gasteiger partial charge in [-0.15, -0.1) is 0 Å². The van der Waals surface area contributed by atoms with Crippen LogP contribution in [-0.4, -0.2) is 43.0 Å². The molecule has 0 bridgehead atoms. The highest BCUT2D eigenvalue weighted by Gasteiger charge is 2.35. The van der Waals surface area contributed by atoms with E-state index in [9.17, 15) is 14.4 Å². The van der Waals surface area contributed by atoms with Gasteiger partial charge in [-0.3, -0.25) is 14.4 Å². The number of halogens is 1. The Hall–Kier alpha value is -3.26. The van der Waals surface area contributed by atoms with Crippen LogP contribution in [0.5, 0.6) is 11.5 Å². The molecule has 0 unspecified atom stereocenters. The third kappa shape index (κ3) is 5.62. The first-order valence-corrected chi connectivity index (χ1v) is 11.7. The molecule has 34 heavy (non-hydrogen) atoms. The van der Waals surface area contributed by atoms with Gasteiger partial charge in [0.05, 0.1) is 23.4 Å². The van der Waals surface area contributed by atoms with E-state index in [2.05, 4.69) is 5.32 Å². The fourth-order valence-corrected chi connectivity index (χ4v) is 4.06. The molecule has 1 fully saturated rings. The maximum Gasteiger partial charge on any atom is 0.251 e. The maximum atomic E-state index is 13.2. The van der Waals surface area contributed by atoms with E-state index in [4.69, 9.17) is 26.8 Å². The molecule has 1 aliphatic heterocycles. The lowest BCUT2D eigenvalue weighted by Crippen LogP contribution is -2.54. The van der Waals surface area contributed by atoms with Crippen molar-refractivity contribution in [3.63, 3.8) is 0 Å². The summed E-state index contributed by atoms with van der Waals surface area (Å²) in [5.41, 5.74) is 7.09. The highest BCUT2D eigenvalue weighted by molar-refractivity contribution is 6.32. The molecule has 1 heterocycles. The number of rotatable bonds is 9. The number of hydrogen-bond acceptors (Lipinski definition) is 5. The van der Waals surface area contributed by atoms with Gasteiger partial charge in [0.2, 0.25) is 11.8 Å². The van der Waals surface area contributed by atoms with E-state index in [1.807, 2.05) is 26.0 Å². The van der Waals surface area contributed by atoms with E-state index < -0.39 is 23.8 Å². The molecule has 1 saturated carbocycles. The number of nitrogens with one attached hydrogen (secondary N) is 1. The van der Waals surface area contributed by atoms with Crippen LogP contribution in [0, 0.1) is 5.92 Å². The summed E-state index contributed by atoms with van der Waals surface area (Å²) >= 11 is 6.26. The minimum atomic E-state index is -0.858. The first kappa shape index (κ1) is 23.9. The minimum Gasteiger partial charge on any atom is -0.493 e. The van der Waals surface area contributed by atoms with Crippen LogP contribution >= 0.6 is 11.6 Å². The number of hydrogen-bond donors (Lipinski definition) is 2. The van der Waals surface area contributed by atoms with Gasteiger partial charge in [-0.05, 0) is 62.4 Å². The average Bonchev–Trinajstić information content (AvgIpc) is 3.60. The molecule has 2 aliphatic rings. The predicted molar refractivity (Wildman–Crippen MR) is 128 cm³/mol. The predicted octanol–water partition coefficient (Wildman–Crippen LogP) is 3.09. The van der Waals surface area contributed by atoms with Crippen molar-refractivity contribution in [1.29, 1.82) is 0 Å². The number of ether oxygens (including phenoxy) is 2. The Labute approximate surface area is 203 Å². The largest absolute Gasteiger partial charge is 0.493 e. The average molecular weight is 486 g/mol. The molecule has 3 N–H and O–H groups in total. The topological polar surface area (TPSA) is 111 Å². The van der Waals surface area contributed by atoms with Crippen LogP contribution in [0.4, 0.5) is 5.69 Å². The summed E-state index contributed by atoms with van der Waals surface area (Å²) in [6.07, 6.45) is 2.54. The Kier molecular flexibility index (Phi) is 6.97. The lowest BCUT2D eigenvalue weighted by atomic mass is 9.96. The van der Waals surface area contributed by atoms with Gasteiger partial charge >= 0.3 is 0 Å². The monoisotopic (exact) mass is 485 g/mol. The van der Waals surface area contributed by atoms with Crippen molar-refractivity contribution >= 4 is 35.0 Å². The second-order valence-electron chi connectivity index (χ2n) is 8.98. The van der Waals surface area contributed by atoms with E-state index >= 15 is 0 Å². The second kappa shape index (κ2) is 9.93. The molecule has 2 aromatic carbocycles. The Balaban J connectivity index is 1.52. The fraction of sp³-hybridized carbons (Fsp3) is 0.400. The highest BCUT2D eigenvalue weighted by Crippen LogP contribution is 2.34. The summed E-state index contributed by atoms with van der Waals surface area (Å²) in [6.45, 7) is 4.09. The van der Waals surface area contributed by atoms with Crippen molar-refractivity contribution in [2.24, 2.45) is 11.7 Å². The zero-order valence-electron chi connectivity index (χ0n) is 19.2. The van der Waals surface area contributed by atoms with E-state index in [0.717, 1.165) is 18.4 Å². The van der Waals surface area contributed by atoms with Crippen LogP contribution in [0.25, 0.3) is 0 Å². The molecule has 3 amide bonds. The quantitative estimate of drug-likeness (QED) is 0.567. The van der Waals surface area contributed by atoms with Gasteiger partial charge in [-0.2, -0.15) is 0 Å². The number of benzene rings is 2. The molecule has 0 spiro atoms. The molecular formula is C25H28ClN3O5. The van der Waals surface area contributed by atoms with Gasteiger partial charge < -0.3 is 25.4 Å². The van der Waals surface area contributed by atoms with Crippen molar-refractivity contribution in [1.82, 2.24) is 5.32 Å². The molecule has 0 aromatic heterocycles. The first-order valence-electron chi connectivity index (χ1n) is 11.3. The molecule has 1 atom stereocenters. The number of carbonyl (C=O) groups is 3. The molecule has 2 aromatic rings. The highest BCUT2D eigenvalue weighted by atomic mass is 35.5. The molecule has 8 nitrogen and oxygen atoms in total. The standard InChI is InChI=1S/C25H28ClN3O5/c1-14(2)34-22-8-6-17(9-19(22)26)24(31)28-20-10-16-5-7-18(33-13-15-3-4-15)11-21(16)29(25(20)32)12-23(27)30/h5-9,11,14-15,20H,3-4,10,12-13H2,1-2H3,(H2,27,30)(H,28,31)/t20-/m0/s1. The van der Waals surface area contributed by atoms with E-state index in [0.29, 0.717) is 40.3 Å². The smallest absolute Gasteiger partial charge is 0.251 e. The summed E-state index contributed by atoms with van der Waals surface area (Å²) in [5.74, 6) is 0.173. The number of fused-ring (bicyclic) bond motifs is 1. The number of nitrogens with zero attached hydrogens (tertiary/aromatic N) is 1. The van der Waals surface area contributed by atoms with Crippen molar-refractivity contribution in [2.45, 2.75) is 45.3 Å². The molecule has 0 saturated heterocycles. The SMILES string of the molecule is CC(C)Oc1ccc(C(=O)N[C@H]2Cc3ccc(OCC4CC4)cc3N(CC(N)=O)C2=O)cc1Cl. The van der Waals surface area contributed by atoms with Crippen LogP contribution in [0.15, 0.2) is 36.4 Å². The molecular weight excluding hydrogens is 458 g/mol. The minimum absolute atomic E-state index is 0.0621. The lowest BCUT2D eigenvalue weighted by Gasteiger charge is -2.34. The van der Waals surface area contributed by atoms with E-state index in [1.165, 1.54) is 11.0 Å². The van der Waals surface area contributed by atoms with Gasteiger partial charge in [0.1, 0.15) is 24.1 Å². The van der Waals surface area contributed by atoms with Crippen LogP contribution in [0.2, 0.25) is 5.02 Å². The van der Waals surface area contributed by atoms with Gasteiger partial charge in [-0.1, -0.05) is 17.7 Å². The molecule has 4 rings (SSSR count). The third-order valence-corrected chi connectivity index (χ3v) is 5.99. The van der Waals surface area contributed by atoms with Crippen LogP contribution in [-0.2, 0) is 16.0 Å². The summed E-state index contributed by atoms with van der Waals surface area (Å²) < 4.78 is 11.4. The van der Waals surface area contributed by atoms with E-state index in [-0.39, 0.29) is 19.1 Å². The third-order valence-electron chi connectivity index (χ3n) is 5.69. The van der Waals surface area contributed by atoms with Crippen molar-refractivity contribution in [3.05, 3.63) is 52.5 Å². The van der Waals surface area contributed by atoms with Crippen molar-refractivity contribution in [3.8, 4) is 11.5 Å². The summed E-state index contributed by atoms with van der Waals surface area (Å²) in [4.78, 5) is 39.2. The molecule has 180 valence electrons. The van der Waals surface area contributed by atoms with Crippen LogP contribution in [0.1, 0.15) is 42.6 Å². The van der Waals surface area contributed by atoms with Gasteiger partial charge in [0.15, 0.2) is 0 Å². The summed E-state index contributed by atoms with van der Waals surface area (Å²) in [6, 6.07) is 9.30. The fourth-order valence-electron chi connectivity index (χ4n) is 3.83. The Bertz CT molecular complexity index is 1120. The zero-order valence-corrected chi connectivity index (χ0v) is 19.9. The van der Waals surface area contributed by atoms with Crippen LogP contribution in [0.3, 0.4) is 0 Å². The van der Waals surface area contributed by atoms with Gasteiger partial charge in [-0.25, -0.2) is 0 Å². The zero-order chi connectivity index (χ0) is 24.4. The van der Waals surface area contributed by atoms with Crippen molar-refractivity contribution < 1.29 is 23.9 Å². The molecule has 0 radical (unpaired) electrons. The molecule has 9 heteroatoms. The normalized spacial score (nSPS) is 17.4. The summed E-state index contributed by atoms with van der Waals surface area (Å²) in [7, 11) is 0. The number of anilines is 1. The Morgan fingerprint density at radius 1 is 1.21 bits per heavy atom. The Morgan fingerprint density at radius 3 is 2.62 bits per heavy atom. The number of carbonyl (C=O) groups excluding carboxylic acids is 3. The maximum absolute atomic E-state index is 13.2.